The Labute approximate surface area is 167 Å². The van der Waals surface area contributed by atoms with Crippen molar-refractivity contribution >= 4 is 11.6 Å². The minimum Gasteiger partial charge on any atom is -0.321 e. The molecule has 0 unspecified atom stereocenters. The highest BCUT2D eigenvalue weighted by Crippen LogP contribution is 2.39. The molecule has 10 heteroatoms. The van der Waals surface area contributed by atoms with Crippen LogP contribution in [0.3, 0.4) is 0 Å². The number of benzene rings is 2. The molecule has 1 heterocycles. The van der Waals surface area contributed by atoms with Crippen LogP contribution < -0.4 is 5.32 Å². The Bertz CT molecular complexity index is 1070. The third kappa shape index (κ3) is 4.17. The van der Waals surface area contributed by atoms with E-state index in [9.17, 15) is 31.1 Å². The second kappa shape index (κ2) is 7.85. The smallest absolute Gasteiger partial charge is 0.321 e. The Hall–Kier alpha value is -3.30. The highest BCUT2D eigenvalue weighted by atomic mass is 19.4. The van der Waals surface area contributed by atoms with Crippen molar-refractivity contribution in [1.29, 1.82) is 0 Å². The number of nitrogens with one attached hydrogen (secondary N) is 1. The largest absolute Gasteiger partial charge is 0.435 e. The molecule has 3 rings (SSSR count). The molecule has 158 valence electrons. The molecular weight excluding hydrogens is 412 g/mol. The number of hydrogen-bond acceptors (Lipinski definition) is 2. The Morgan fingerprint density at radius 1 is 1.00 bits per heavy atom. The number of anilines is 1. The van der Waals surface area contributed by atoms with Gasteiger partial charge in [0.1, 0.15) is 0 Å². The fourth-order valence-electron chi connectivity index (χ4n) is 2.99. The molecule has 0 aliphatic carbocycles. The van der Waals surface area contributed by atoms with E-state index in [1.165, 1.54) is 49.5 Å². The summed E-state index contributed by atoms with van der Waals surface area (Å²) in [7, 11) is 1.23. The predicted octanol–water partition coefficient (Wildman–Crippen LogP) is 5.42. The Balaban J connectivity index is 2.05. The van der Waals surface area contributed by atoms with Crippen LogP contribution in [0.5, 0.6) is 0 Å². The van der Waals surface area contributed by atoms with Crippen LogP contribution in [0, 0.1) is 0 Å². The molecule has 0 aliphatic rings. The average Bonchev–Trinajstić information content (AvgIpc) is 3.11. The topological polar surface area (TPSA) is 46.9 Å². The van der Waals surface area contributed by atoms with Gasteiger partial charge in [-0.1, -0.05) is 42.5 Å². The van der Waals surface area contributed by atoms with Crippen LogP contribution in [0.2, 0.25) is 0 Å². The zero-order chi connectivity index (χ0) is 22.1. The van der Waals surface area contributed by atoms with E-state index in [4.69, 9.17) is 0 Å². The fourth-order valence-corrected chi connectivity index (χ4v) is 2.99. The summed E-state index contributed by atoms with van der Waals surface area (Å²) >= 11 is 0. The van der Waals surface area contributed by atoms with E-state index in [2.05, 4.69) is 10.4 Å². The molecule has 0 spiro atoms. The van der Waals surface area contributed by atoms with Crippen LogP contribution in [0.4, 0.5) is 32.0 Å². The number of aryl methyl sites for hydroxylation is 1. The lowest BCUT2D eigenvalue weighted by atomic mass is 9.94. The standard InChI is InChI=1S/C20H15F6N3O/c1-29-10-14(17(28-29)20(24,25)26)18(30)27-16-9-5-3-7-13(16)12-6-2-4-8-15(12)19(22,23)11-21/h2-10H,11H2,1H3,(H,27,30). The number of aromatic nitrogens is 2. The number of alkyl halides is 6. The van der Waals surface area contributed by atoms with Gasteiger partial charge in [-0.3, -0.25) is 9.48 Å². The first-order valence-corrected chi connectivity index (χ1v) is 8.59. The van der Waals surface area contributed by atoms with Crippen LogP contribution in [0.1, 0.15) is 21.6 Å². The van der Waals surface area contributed by atoms with Gasteiger partial charge < -0.3 is 5.32 Å². The van der Waals surface area contributed by atoms with Gasteiger partial charge in [-0.05, 0) is 11.6 Å². The highest BCUT2D eigenvalue weighted by Gasteiger charge is 2.39. The minimum atomic E-state index is -4.86. The minimum absolute atomic E-state index is 0.0124. The van der Waals surface area contributed by atoms with Crippen LogP contribution in [-0.4, -0.2) is 22.4 Å². The van der Waals surface area contributed by atoms with Crippen LogP contribution in [0.25, 0.3) is 11.1 Å². The number of carbonyl (C=O) groups excluding carboxylic acids is 1. The molecule has 1 amide bonds. The van der Waals surface area contributed by atoms with E-state index in [0.717, 1.165) is 16.9 Å². The van der Waals surface area contributed by atoms with Crippen LogP contribution in [-0.2, 0) is 19.1 Å². The van der Waals surface area contributed by atoms with Crippen molar-refractivity contribution in [1.82, 2.24) is 9.78 Å². The molecule has 0 fully saturated rings. The van der Waals surface area contributed by atoms with Crippen molar-refractivity contribution < 1.29 is 31.1 Å². The van der Waals surface area contributed by atoms with Crippen molar-refractivity contribution in [2.45, 2.75) is 12.1 Å². The van der Waals surface area contributed by atoms with Gasteiger partial charge in [0, 0.05) is 30.1 Å². The zero-order valence-electron chi connectivity index (χ0n) is 15.5. The van der Waals surface area contributed by atoms with Crippen molar-refractivity contribution in [2.75, 3.05) is 12.0 Å². The maximum Gasteiger partial charge on any atom is 0.435 e. The first-order chi connectivity index (χ1) is 14.0. The van der Waals surface area contributed by atoms with Crippen molar-refractivity contribution in [3.05, 3.63) is 71.5 Å². The number of halogens is 6. The predicted molar refractivity (Wildman–Crippen MR) is 97.9 cm³/mol. The molecule has 1 aromatic heterocycles. The van der Waals surface area contributed by atoms with Crippen molar-refractivity contribution in [3.8, 4) is 11.1 Å². The first kappa shape index (κ1) is 21.4. The molecule has 2 aromatic carbocycles. The average molecular weight is 427 g/mol. The number of carbonyl (C=O) groups is 1. The molecule has 0 saturated heterocycles. The monoisotopic (exact) mass is 427 g/mol. The maximum atomic E-state index is 14.1. The number of amides is 1. The van der Waals surface area contributed by atoms with Gasteiger partial charge in [0.2, 0.25) is 0 Å². The van der Waals surface area contributed by atoms with Crippen molar-refractivity contribution in [3.63, 3.8) is 0 Å². The zero-order valence-corrected chi connectivity index (χ0v) is 15.5. The summed E-state index contributed by atoms with van der Waals surface area (Å²) in [5.74, 6) is -4.89. The van der Waals surface area contributed by atoms with E-state index in [0.29, 0.717) is 0 Å². The second-order valence-electron chi connectivity index (χ2n) is 6.45. The van der Waals surface area contributed by atoms with E-state index in [1.54, 1.807) is 0 Å². The Kier molecular flexibility index (Phi) is 5.60. The third-order valence-corrected chi connectivity index (χ3v) is 4.30. The van der Waals surface area contributed by atoms with E-state index < -0.39 is 41.5 Å². The number of hydrogen-bond donors (Lipinski definition) is 1. The molecule has 0 saturated carbocycles. The van der Waals surface area contributed by atoms with E-state index >= 15 is 0 Å². The highest BCUT2D eigenvalue weighted by molar-refractivity contribution is 6.07. The molecule has 1 N–H and O–H groups in total. The van der Waals surface area contributed by atoms with Gasteiger partial charge in [-0.15, -0.1) is 0 Å². The Morgan fingerprint density at radius 2 is 1.60 bits per heavy atom. The molecule has 0 radical (unpaired) electrons. The maximum absolute atomic E-state index is 14.1. The summed E-state index contributed by atoms with van der Waals surface area (Å²) in [6.07, 6.45) is -3.95. The third-order valence-electron chi connectivity index (χ3n) is 4.30. The lowest BCUT2D eigenvalue weighted by Crippen LogP contribution is -2.19. The summed E-state index contributed by atoms with van der Waals surface area (Å²) < 4.78 is 81.4. The van der Waals surface area contributed by atoms with Gasteiger partial charge in [-0.2, -0.15) is 27.1 Å². The molecular formula is C20H15F6N3O. The Morgan fingerprint density at radius 3 is 2.23 bits per heavy atom. The van der Waals surface area contributed by atoms with Gasteiger partial charge in [0.25, 0.3) is 5.91 Å². The molecule has 0 atom stereocenters. The van der Waals surface area contributed by atoms with Gasteiger partial charge in [-0.25, -0.2) is 4.39 Å². The molecule has 4 nitrogen and oxygen atoms in total. The molecule has 0 bridgehead atoms. The first-order valence-electron chi connectivity index (χ1n) is 8.59. The van der Waals surface area contributed by atoms with Gasteiger partial charge >= 0.3 is 12.1 Å². The normalized spacial score (nSPS) is 12.1. The number of rotatable bonds is 5. The summed E-state index contributed by atoms with van der Waals surface area (Å²) in [4.78, 5) is 12.5. The van der Waals surface area contributed by atoms with E-state index in [1.807, 2.05) is 0 Å². The second-order valence-corrected chi connectivity index (χ2v) is 6.45. The summed E-state index contributed by atoms with van der Waals surface area (Å²) in [6.45, 7) is -1.93. The van der Waals surface area contributed by atoms with E-state index in [-0.39, 0.29) is 16.8 Å². The summed E-state index contributed by atoms with van der Waals surface area (Å²) in [5.41, 5.74) is -2.66. The summed E-state index contributed by atoms with van der Waals surface area (Å²) in [5, 5.41) is 5.59. The SMILES string of the molecule is Cn1cc(C(=O)Nc2ccccc2-c2ccccc2C(F)(F)CF)c(C(F)(F)F)n1. The lowest BCUT2D eigenvalue weighted by Gasteiger charge is -2.19. The van der Waals surface area contributed by atoms with Crippen LogP contribution in [0.15, 0.2) is 54.7 Å². The molecule has 30 heavy (non-hydrogen) atoms. The van der Waals surface area contributed by atoms with Crippen LogP contribution >= 0.6 is 0 Å². The van der Waals surface area contributed by atoms with Gasteiger partial charge in [0.15, 0.2) is 12.4 Å². The van der Waals surface area contributed by atoms with Gasteiger partial charge in [0.05, 0.1) is 5.56 Å². The molecule has 0 aliphatic heterocycles. The molecule has 3 aromatic rings. The quantitative estimate of drug-likeness (QED) is 0.553. The number of para-hydroxylation sites is 1. The lowest BCUT2D eigenvalue weighted by molar-refractivity contribution is -0.141. The summed E-state index contributed by atoms with van der Waals surface area (Å²) in [6, 6.07) is 10.9. The fraction of sp³-hybridized carbons (Fsp3) is 0.200. The number of nitrogens with zero attached hydrogens (tertiary/aromatic N) is 2. The van der Waals surface area contributed by atoms with Crippen molar-refractivity contribution in [2.24, 2.45) is 7.05 Å².